The van der Waals surface area contributed by atoms with Crippen LogP contribution in [0, 0.1) is 18.3 Å². The molecule has 4 heteroatoms. The molecule has 0 bridgehead atoms. The van der Waals surface area contributed by atoms with E-state index in [1.54, 1.807) is 6.20 Å². The molecule has 0 saturated heterocycles. The van der Waals surface area contributed by atoms with Gasteiger partial charge in [0.1, 0.15) is 5.15 Å². The fourth-order valence-corrected chi connectivity index (χ4v) is 2.57. The molecule has 1 aliphatic carbocycles. The summed E-state index contributed by atoms with van der Waals surface area (Å²) in [5.41, 5.74) is 1.68. The molecular formula is C12H14ClNO2. The van der Waals surface area contributed by atoms with Gasteiger partial charge in [0.2, 0.25) is 0 Å². The number of pyridine rings is 1. The van der Waals surface area contributed by atoms with Gasteiger partial charge in [0, 0.05) is 12.1 Å². The lowest BCUT2D eigenvalue weighted by atomic mass is 10.0. The zero-order valence-electron chi connectivity index (χ0n) is 9.49. The molecule has 0 spiro atoms. The average molecular weight is 240 g/mol. The summed E-state index contributed by atoms with van der Waals surface area (Å²) in [4.78, 5) is 15.1. The van der Waals surface area contributed by atoms with E-state index in [2.05, 4.69) is 4.98 Å². The number of aryl methyl sites for hydroxylation is 1. The van der Waals surface area contributed by atoms with Crippen LogP contribution in [-0.4, -0.2) is 16.1 Å². The zero-order valence-corrected chi connectivity index (χ0v) is 10.2. The van der Waals surface area contributed by atoms with Crippen molar-refractivity contribution in [3.05, 3.63) is 28.5 Å². The minimum Gasteiger partial charge on any atom is -0.481 e. The van der Waals surface area contributed by atoms with Crippen molar-refractivity contribution < 1.29 is 9.90 Å². The van der Waals surface area contributed by atoms with E-state index >= 15 is 0 Å². The maximum Gasteiger partial charge on any atom is 0.307 e. The predicted octanol–water partition coefficient (Wildman–Crippen LogP) is 2.87. The van der Waals surface area contributed by atoms with Gasteiger partial charge in [0.05, 0.1) is 5.92 Å². The summed E-state index contributed by atoms with van der Waals surface area (Å²) >= 11 is 5.85. The van der Waals surface area contributed by atoms with Crippen LogP contribution in [0.5, 0.6) is 0 Å². The minimum atomic E-state index is -0.734. The molecule has 3 nitrogen and oxygen atoms in total. The van der Waals surface area contributed by atoms with Crippen molar-refractivity contribution in [2.24, 2.45) is 11.3 Å². The van der Waals surface area contributed by atoms with Gasteiger partial charge in [-0.3, -0.25) is 4.79 Å². The molecule has 2 atom stereocenters. The molecule has 1 aromatic rings. The van der Waals surface area contributed by atoms with Crippen molar-refractivity contribution in [3.8, 4) is 0 Å². The van der Waals surface area contributed by atoms with Crippen LogP contribution < -0.4 is 0 Å². The molecule has 0 aromatic carbocycles. The molecule has 1 heterocycles. The van der Waals surface area contributed by atoms with Crippen molar-refractivity contribution in [1.82, 2.24) is 4.98 Å². The van der Waals surface area contributed by atoms with Gasteiger partial charge in [0.15, 0.2) is 0 Å². The number of rotatable bonds is 2. The molecule has 0 radical (unpaired) electrons. The quantitative estimate of drug-likeness (QED) is 0.808. The second-order valence-corrected chi connectivity index (χ2v) is 5.35. The van der Waals surface area contributed by atoms with Gasteiger partial charge in [0.25, 0.3) is 0 Å². The van der Waals surface area contributed by atoms with E-state index in [4.69, 9.17) is 16.7 Å². The van der Waals surface area contributed by atoms with Crippen molar-refractivity contribution in [2.45, 2.75) is 26.7 Å². The second-order valence-electron chi connectivity index (χ2n) is 4.99. The van der Waals surface area contributed by atoms with Crippen molar-refractivity contribution in [2.75, 3.05) is 0 Å². The summed E-state index contributed by atoms with van der Waals surface area (Å²) in [6, 6.07) is 1.94. The molecule has 1 aliphatic rings. The number of nitrogens with zero attached hydrogens (tertiary/aromatic N) is 1. The van der Waals surface area contributed by atoms with Crippen molar-refractivity contribution in [3.63, 3.8) is 0 Å². The lowest BCUT2D eigenvalue weighted by molar-refractivity contribution is -0.139. The number of aliphatic carboxylic acids is 1. The first-order chi connectivity index (χ1) is 7.35. The molecule has 1 saturated carbocycles. The normalized spacial score (nSPS) is 26.5. The lowest BCUT2D eigenvalue weighted by Crippen LogP contribution is -2.03. The summed E-state index contributed by atoms with van der Waals surface area (Å²) in [6.45, 7) is 5.82. The van der Waals surface area contributed by atoms with Crippen LogP contribution in [0.2, 0.25) is 5.15 Å². The molecule has 2 rings (SSSR count). The molecule has 0 amide bonds. The van der Waals surface area contributed by atoms with E-state index in [-0.39, 0.29) is 17.3 Å². The third kappa shape index (κ3) is 1.59. The number of carbonyl (C=O) groups is 1. The van der Waals surface area contributed by atoms with E-state index in [0.29, 0.717) is 5.15 Å². The Labute approximate surface area is 99.5 Å². The largest absolute Gasteiger partial charge is 0.481 e. The Morgan fingerprint density at radius 2 is 2.19 bits per heavy atom. The van der Waals surface area contributed by atoms with E-state index in [1.807, 2.05) is 26.8 Å². The van der Waals surface area contributed by atoms with Crippen LogP contribution >= 0.6 is 11.6 Å². The van der Waals surface area contributed by atoms with Crippen LogP contribution in [-0.2, 0) is 4.79 Å². The Bertz CT molecular complexity index is 456. The number of halogens is 1. The van der Waals surface area contributed by atoms with E-state index in [0.717, 1.165) is 11.1 Å². The first-order valence-electron chi connectivity index (χ1n) is 5.20. The highest BCUT2D eigenvalue weighted by Crippen LogP contribution is 2.64. The van der Waals surface area contributed by atoms with Crippen LogP contribution in [0.3, 0.4) is 0 Å². The minimum absolute atomic E-state index is 0.0495. The molecule has 0 aliphatic heterocycles. The topological polar surface area (TPSA) is 50.2 Å². The molecule has 86 valence electrons. The van der Waals surface area contributed by atoms with Gasteiger partial charge >= 0.3 is 5.97 Å². The molecule has 1 fully saturated rings. The third-order valence-corrected chi connectivity index (χ3v) is 3.88. The highest BCUT2D eigenvalue weighted by atomic mass is 35.5. The molecule has 0 unspecified atom stereocenters. The monoisotopic (exact) mass is 239 g/mol. The summed E-state index contributed by atoms with van der Waals surface area (Å²) in [6.07, 6.45) is 1.69. The smallest absolute Gasteiger partial charge is 0.307 e. The SMILES string of the molecule is Cc1cc([C@@H]2[C@@H](C(=O)O)C2(C)C)cnc1Cl. The van der Waals surface area contributed by atoms with Crippen LogP contribution in [0.4, 0.5) is 0 Å². The number of carboxylic acids is 1. The molecule has 1 aromatic heterocycles. The Balaban J connectivity index is 2.33. The average Bonchev–Trinajstić information content (AvgIpc) is 2.74. The summed E-state index contributed by atoms with van der Waals surface area (Å²) in [7, 11) is 0. The maximum atomic E-state index is 11.1. The molecule has 16 heavy (non-hydrogen) atoms. The lowest BCUT2D eigenvalue weighted by Gasteiger charge is -2.04. The summed E-state index contributed by atoms with van der Waals surface area (Å²) in [5, 5.41) is 9.58. The first-order valence-corrected chi connectivity index (χ1v) is 5.58. The Morgan fingerprint density at radius 1 is 1.56 bits per heavy atom. The van der Waals surface area contributed by atoms with Crippen LogP contribution in [0.1, 0.15) is 30.9 Å². The second kappa shape index (κ2) is 3.45. The van der Waals surface area contributed by atoms with Gasteiger partial charge in [-0.2, -0.15) is 0 Å². The van der Waals surface area contributed by atoms with Gasteiger partial charge in [-0.1, -0.05) is 31.5 Å². The first kappa shape index (κ1) is 11.4. The van der Waals surface area contributed by atoms with Crippen LogP contribution in [0.15, 0.2) is 12.3 Å². The van der Waals surface area contributed by atoms with Gasteiger partial charge in [-0.25, -0.2) is 4.98 Å². The fourth-order valence-electron chi connectivity index (χ4n) is 2.47. The number of hydrogen-bond donors (Lipinski definition) is 1. The van der Waals surface area contributed by atoms with Crippen molar-refractivity contribution >= 4 is 17.6 Å². The van der Waals surface area contributed by atoms with Gasteiger partial charge in [-0.15, -0.1) is 0 Å². The number of carboxylic acid groups (broad SMARTS) is 1. The Kier molecular flexibility index (Phi) is 2.46. The fraction of sp³-hybridized carbons (Fsp3) is 0.500. The van der Waals surface area contributed by atoms with Gasteiger partial charge in [-0.05, 0) is 23.5 Å². The maximum absolute atomic E-state index is 11.1. The standard InChI is InChI=1S/C12H14ClNO2/c1-6-4-7(5-14-10(6)13)8-9(11(15)16)12(8,2)3/h4-5,8-9H,1-3H3,(H,15,16)/t8-,9+/m1/s1. The van der Waals surface area contributed by atoms with E-state index < -0.39 is 5.97 Å². The summed E-state index contributed by atoms with van der Waals surface area (Å²) < 4.78 is 0. The third-order valence-electron chi connectivity index (χ3n) is 3.49. The zero-order chi connectivity index (χ0) is 12.1. The Morgan fingerprint density at radius 3 is 2.62 bits per heavy atom. The van der Waals surface area contributed by atoms with E-state index in [9.17, 15) is 4.79 Å². The van der Waals surface area contributed by atoms with Crippen molar-refractivity contribution in [1.29, 1.82) is 0 Å². The molecule has 1 N–H and O–H groups in total. The predicted molar refractivity (Wildman–Crippen MR) is 61.6 cm³/mol. The highest BCUT2D eigenvalue weighted by molar-refractivity contribution is 6.30. The number of aromatic nitrogens is 1. The number of hydrogen-bond acceptors (Lipinski definition) is 2. The van der Waals surface area contributed by atoms with Crippen LogP contribution in [0.25, 0.3) is 0 Å². The van der Waals surface area contributed by atoms with E-state index in [1.165, 1.54) is 0 Å². The van der Waals surface area contributed by atoms with Gasteiger partial charge < -0.3 is 5.11 Å². The highest BCUT2D eigenvalue weighted by Gasteiger charge is 2.62. The Hall–Kier alpha value is -1.09. The summed E-state index contributed by atoms with van der Waals surface area (Å²) in [5.74, 6) is -0.994. The molecular weight excluding hydrogens is 226 g/mol.